The monoisotopic (exact) mass is 314 g/mol. The Hall–Kier alpha value is -2.66. The molecule has 1 aromatic heterocycles. The van der Waals surface area contributed by atoms with Crippen LogP contribution in [0.4, 0.5) is 0 Å². The average Bonchev–Trinajstić information content (AvgIpc) is 3.03. The largest absolute Gasteiger partial charge is 0.452 e. The van der Waals surface area contributed by atoms with Gasteiger partial charge >= 0.3 is 5.97 Å². The van der Waals surface area contributed by atoms with Crippen molar-refractivity contribution < 1.29 is 13.9 Å². The quantitative estimate of drug-likeness (QED) is 0.686. The molecule has 0 aliphatic carbocycles. The maximum Gasteiger partial charge on any atom is 0.340 e. The van der Waals surface area contributed by atoms with Gasteiger partial charge in [0.25, 0.3) is 5.89 Å². The van der Waals surface area contributed by atoms with E-state index in [1.54, 1.807) is 24.3 Å². The van der Waals surface area contributed by atoms with Crippen molar-refractivity contribution in [2.24, 2.45) is 0 Å². The van der Waals surface area contributed by atoms with Gasteiger partial charge in [-0.2, -0.15) is 0 Å². The summed E-state index contributed by atoms with van der Waals surface area (Å²) in [6, 6.07) is 16.0. The van der Waals surface area contributed by atoms with Crippen LogP contribution in [-0.2, 0) is 11.3 Å². The third-order valence-electron chi connectivity index (χ3n) is 2.91. The Bertz CT molecular complexity index is 787. The van der Waals surface area contributed by atoms with Crippen molar-refractivity contribution in [1.29, 1.82) is 0 Å². The number of carbonyl (C=O) groups excluding carboxylic acids is 1. The van der Waals surface area contributed by atoms with Crippen molar-refractivity contribution in [3.63, 3.8) is 0 Å². The second-order valence-electron chi connectivity index (χ2n) is 4.42. The fraction of sp³-hybridized carbons (Fsp3) is 0.0625. The van der Waals surface area contributed by atoms with Gasteiger partial charge in [0, 0.05) is 5.56 Å². The van der Waals surface area contributed by atoms with Crippen molar-refractivity contribution in [3.8, 4) is 11.5 Å². The molecule has 5 nitrogen and oxygen atoms in total. The maximum absolute atomic E-state index is 11.9. The summed E-state index contributed by atoms with van der Waals surface area (Å²) in [6.45, 7) is -0.107. The minimum atomic E-state index is -0.537. The molecular formula is C16H11ClN2O3. The number of nitrogens with zero attached hydrogens (tertiary/aromatic N) is 2. The van der Waals surface area contributed by atoms with Crippen LogP contribution in [0.5, 0.6) is 0 Å². The van der Waals surface area contributed by atoms with Gasteiger partial charge in [0.15, 0.2) is 6.61 Å². The number of hydrogen-bond acceptors (Lipinski definition) is 5. The smallest absolute Gasteiger partial charge is 0.340 e. The van der Waals surface area contributed by atoms with Gasteiger partial charge in [-0.3, -0.25) is 0 Å². The molecule has 0 atom stereocenters. The summed E-state index contributed by atoms with van der Waals surface area (Å²) in [5, 5.41) is 8.11. The summed E-state index contributed by atoms with van der Waals surface area (Å²) in [5.41, 5.74) is 1.10. The third kappa shape index (κ3) is 3.15. The van der Waals surface area contributed by atoms with E-state index >= 15 is 0 Å². The van der Waals surface area contributed by atoms with Crippen LogP contribution >= 0.6 is 11.6 Å². The highest BCUT2D eigenvalue weighted by Gasteiger charge is 2.14. The standard InChI is InChI=1S/C16H11ClN2O3/c17-13-9-5-4-8-12(13)16(20)21-10-14-18-19-15(22-14)11-6-2-1-3-7-11/h1-9H,10H2. The number of aromatic nitrogens is 2. The van der Waals surface area contributed by atoms with Crippen LogP contribution in [0.1, 0.15) is 16.2 Å². The van der Waals surface area contributed by atoms with Crippen molar-refractivity contribution >= 4 is 17.6 Å². The van der Waals surface area contributed by atoms with E-state index in [0.717, 1.165) is 5.56 Å². The lowest BCUT2D eigenvalue weighted by Gasteiger charge is -2.03. The van der Waals surface area contributed by atoms with E-state index in [4.69, 9.17) is 20.8 Å². The molecule has 3 aromatic rings. The van der Waals surface area contributed by atoms with Crippen molar-refractivity contribution in [2.75, 3.05) is 0 Å². The van der Waals surface area contributed by atoms with Gasteiger partial charge in [-0.1, -0.05) is 41.9 Å². The molecule has 110 valence electrons. The van der Waals surface area contributed by atoms with E-state index in [1.807, 2.05) is 30.3 Å². The molecule has 0 N–H and O–H groups in total. The topological polar surface area (TPSA) is 65.2 Å². The number of halogens is 1. The molecule has 3 rings (SSSR count). The molecule has 2 aromatic carbocycles. The highest BCUT2D eigenvalue weighted by molar-refractivity contribution is 6.33. The van der Waals surface area contributed by atoms with E-state index in [-0.39, 0.29) is 12.5 Å². The third-order valence-corrected chi connectivity index (χ3v) is 3.24. The predicted molar refractivity (Wildman–Crippen MR) is 80.3 cm³/mol. The normalized spacial score (nSPS) is 10.4. The molecule has 0 spiro atoms. The molecule has 22 heavy (non-hydrogen) atoms. The Morgan fingerprint density at radius 1 is 1.05 bits per heavy atom. The van der Waals surface area contributed by atoms with Gasteiger partial charge < -0.3 is 9.15 Å². The number of esters is 1. The van der Waals surface area contributed by atoms with Crippen LogP contribution in [0.2, 0.25) is 5.02 Å². The number of carbonyl (C=O) groups is 1. The van der Waals surface area contributed by atoms with Crippen LogP contribution in [0.25, 0.3) is 11.5 Å². The van der Waals surface area contributed by atoms with Gasteiger partial charge in [0.1, 0.15) is 0 Å². The van der Waals surface area contributed by atoms with E-state index in [9.17, 15) is 4.79 Å². The molecule has 0 saturated heterocycles. The molecule has 0 amide bonds. The zero-order valence-electron chi connectivity index (χ0n) is 11.4. The maximum atomic E-state index is 11.9. The predicted octanol–water partition coefficient (Wildman–Crippen LogP) is 3.75. The lowest BCUT2D eigenvalue weighted by molar-refractivity contribution is 0.0439. The molecule has 0 aliphatic rings. The molecule has 0 bridgehead atoms. The average molecular weight is 315 g/mol. The van der Waals surface area contributed by atoms with E-state index in [1.165, 1.54) is 0 Å². The highest BCUT2D eigenvalue weighted by atomic mass is 35.5. The molecule has 0 radical (unpaired) electrons. The zero-order valence-corrected chi connectivity index (χ0v) is 12.2. The first-order valence-corrected chi connectivity index (χ1v) is 6.91. The van der Waals surface area contributed by atoms with Gasteiger partial charge in [-0.05, 0) is 24.3 Å². The summed E-state index contributed by atoms with van der Waals surface area (Å²) in [7, 11) is 0. The lowest BCUT2D eigenvalue weighted by atomic mass is 10.2. The van der Waals surface area contributed by atoms with Crippen LogP contribution in [0.15, 0.2) is 59.0 Å². The molecule has 1 heterocycles. The van der Waals surface area contributed by atoms with Gasteiger partial charge in [-0.15, -0.1) is 10.2 Å². The first-order valence-electron chi connectivity index (χ1n) is 6.53. The summed E-state index contributed by atoms with van der Waals surface area (Å²) in [4.78, 5) is 11.9. The van der Waals surface area contributed by atoms with Crippen LogP contribution < -0.4 is 0 Å². The number of ether oxygens (including phenoxy) is 1. The molecule has 6 heteroatoms. The van der Waals surface area contributed by atoms with Crippen molar-refractivity contribution in [1.82, 2.24) is 10.2 Å². The van der Waals surface area contributed by atoms with Gasteiger partial charge in [0.2, 0.25) is 5.89 Å². The Kier molecular flexibility index (Phi) is 4.16. The summed E-state index contributed by atoms with van der Waals surface area (Å²) >= 11 is 5.93. The fourth-order valence-electron chi connectivity index (χ4n) is 1.84. The first-order chi connectivity index (χ1) is 10.7. The molecule has 0 unspecified atom stereocenters. The summed E-state index contributed by atoms with van der Waals surface area (Å²) < 4.78 is 10.6. The molecule has 0 fully saturated rings. The lowest BCUT2D eigenvalue weighted by Crippen LogP contribution is -2.06. The Balaban J connectivity index is 1.67. The van der Waals surface area contributed by atoms with E-state index in [0.29, 0.717) is 16.5 Å². The van der Waals surface area contributed by atoms with E-state index in [2.05, 4.69) is 10.2 Å². The molecule has 0 aliphatic heterocycles. The summed E-state index contributed by atoms with van der Waals surface area (Å²) in [5.74, 6) is 0.0636. The molecular weight excluding hydrogens is 304 g/mol. The van der Waals surface area contributed by atoms with Crippen LogP contribution in [0.3, 0.4) is 0 Å². The zero-order chi connectivity index (χ0) is 15.4. The number of hydrogen-bond donors (Lipinski definition) is 0. The van der Waals surface area contributed by atoms with Gasteiger partial charge in [-0.25, -0.2) is 4.79 Å². The summed E-state index contributed by atoms with van der Waals surface area (Å²) in [6.07, 6.45) is 0. The highest BCUT2D eigenvalue weighted by Crippen LogP contribution is 2.19. The van der Waals surface area contributed by atoms with E-state index < -0.39 is 5.97 Å². The fourth-order valence-corrected chi connectivity index (χ4v) is 2.05. The SMILES string of the molecule is O=C(OCc1nnc(-c2ccccc2)o1)c1ccccc1Cl. The second-order valence-corrected chi connectivity index (χ2v) is 4.83. The van der Waals surface area contributed by atoms with Gasteiger partial charge in [0.05, 0.1) is 10.6 Å². The molecule has 0 saturated carbocycles. The number of rotatable bonds is 4. The van der Waals surface area contributed by atoms with Crippen molar-refractivity contribution in [3.05, 3.63) is 71.1 Å². The van der Waals surface area contributed by atoms with Crippen LogP contribution in [-0.4, -0.2) is 16.2 Å². The first kappa shape index (κ1) is 14.3. The Morgan fingerprint density at radius 2 is 1.77 bits per heavy atom. The van der Waals surface area contributed by atoms with Crippen LogP contribution in [0, 0.1) is 0 Å². The second kappa shape index (κ2) is 6.41. The minimum Gasteiger partial charge on any atom is -0.452 e. The van der Waals surface area contributed by atoms with Crippen molar-refractivity contribution in [2.45, 2.75) is 6.61 Å². The Morgan fingerprint density at radius 3 is 2.55 bits per heavy atom. The minimum absolute atomic E-state index is 0.107. The Labute approximate surface area is 131 Å². The number of benzene rings is 2.